The maximum absolute atomic E-state index is 4.56. The molecule has 0 N–H and O–H groups in total. The van der Waals surface area contributed by atoms with Crippen LogP contribution in [0.4, 0.5) is 35.7 Å². The van der Waals surface area contributed by atoms with Gasteiger partial charge in [-0.1, -0.05) is 246 Å². The molecular weight excluding hydrogens is 1880 g/mol. The summed E-state index contributed by atoms with van der Waals surface area (Å²) in [5, 5.41) is 0. The summed E-state index contributed by atoms with van der Waals surface area (Å²) in [7, 11) is 0. The van der Waals surface area contributed by atoms with Gasteiger partial charge >= 0.3 is 30.0 Å². The van der Waals surface area contributed by atoms with Crippen LogP contribution in [0.2, 0.25) is 0 Å². The Hall–Kier alpha value is -10.2. The fraction of sp³-hybridized carbons (Fsp3) is 0.391. The molecule has 6 saturated heterocycles. The van der Waals surface area contributed by atoms with Crippen LogP contribution in [0, 0.1) is 6.42 Å². The zero-order valence-electron chi connectivity index (χ0n) is 78.8. The second-order valence-corrected chi connectivity index (χ2v) is 36.7. The van der Waals surface area contributed by atoms with Gasteiger partial charge in [0, 0.05) is 187 Å². The molecule has 132 heavy (non-hydrogen) atoms. The van der Waals surface area contributed by atoms with Crippen LogP contribution in [0.15, 0.2) is 291 Å². The van der Waals surface area contributed by atoms with Crippen LogP contribution in [0.5, 0.6) is 0 Å². The molecule has 3 unspecified atom stereocenters. The normalized spacial score (nSPS) is 16.0. The molecule has 0 aliphatic carbocycles. The first kappa shape index (κ1) is 102. The molecule has 18 nitrogen and oxygen atoms in total. The summed E-state index contributed by atoms with van der Waals surface area (Å²) >= 11 is 11.1. The summed E-state index contributed by atoms with van der Waals surface area (Å²) in [6, 6.07) is 73.2. The van der Waals surface area contributed by atoms with Crippen molar-refractivity contribution in [3.63, 3.8) is 0 Å². The zero-order valence-corrected chi connectivity index (χ0v) is 86.5. The standard InChI is InChI=1S/5C17H21N3.C9H12BrN3.C8H9Br.C8H9.BrH.Zn/c5*1-14(15-8-4-2-5-9-15)16-12-18-17(19-13-16)20-10-6-3-7-11-20;10-8-6-11-9(12-7-8)13-4-2-1-3-5-13;1-7(9)8-5-3-2-4-6-8;1-2-8-6-4-3-5-7-8;;/h5*2,4-5,8-9,12-14H,3,6-7,10-11H2,1H3;6-7H,1-5H2;2-7H,1H3;2-7H,1H3;1H;/q;;;;;;;-1;;+2/p-1/t3*14-;;;;;;;/m110......./s1. The Balaban J connectivity index is 0.000000147. The first-order valence-electron chi connectivity index (χ1n) is 47.9. The number of hydrogen-bond donors (Lipinski definition) is 0. The van der Waals surface area contributed by atoms with Crippen LogP contribution in [0.25, 0.3) is 0 Å². The fourth-order valence-corrected chi connectivity index (χ4v) is 17.2. The van der Waals surface area contributed by atoms with E-state index in [-0.39, 0.29) is 0 Å². The molecule has 6 atom stereocenters. The summed E-state index contributed by atoms with van der Waals surface area (Å²) in [6.07, 6.45) is 48.6. The Bertz CT molecular complexity index is 4560. The van der Waals surface area contributed by atoms with Crippen LogP contribution >= 0.6 is 45.5 Å². The number of alkyl halides is 1. The van der Waals surface area contributed by atoms with Gasteiger partial charge in [-0.3, -0.25) is 0 Å². The predicted octanol–water partition coefficient (Wildman–Crippen LogP) is 26.6. The number of hydrogen-bond acceptors (Lipinski definition) is 18. The first-order chi connectivity index (χ1) is 64.8. The van der Waals surface area contributed by atoms with Crippen molar-refractivity contribution in [1.82, 2.24) is 59.8 Å². The Morgan fingerprint density at radius 2 is 0.371 bits per heavy atom. The second-order valence-electron chi connectivity index (χ2n) is 34.5. The summed E-state index contributed by atoms with van der Waals surface area (Å²) in [6.45, 7) is 28.3. The third-order valence-corrected chi connectivity index (χ3v) is 26.1. The topological polar surface area (TPSA) is 174 Å². The van der Waals surface area contributed by atoms with Gasteiger partial charge in [0.15, 0.2) is 0 Å². The number of anilines is 6. The zero-order chi connectivity index (χ0) is 92.5. The van der Waals surface area contributed by atoms with Crippen LogP contribution < -0.4 is 29.4 Å². The molecular formula is C110H135Br3N18Zn. The van der Waals surface area contributed by atoms with Gasteiger partial charge in [-0.15, -0.1) is 12.1 Å². The van der Waals surface area contributed by atoms with E-state index in [1.165, 1.54) is 199 Å². The Labute approximate surface area is 821 Å². The van der Waals surface area contributed by atoms with E-state index in [0.29, 0.717) is 34.4 Å². The molecule has 13 aromatic rings. The summed E-state index contributed by atoms with van der Waals surface area (Å²) in [5.74, 6) is 6.98. The molecule has 0 saturated carbocycles. The van der Waals surface area contributed by atoms with E-state index in [0.717, 1.165) is 119 Å². The predicted molar refractivity (Wildman–Crippen MR) is 554 cm³/mol. The van der Waals surface area contributed by atoms with Crippen molar-refractivity contribution >= 4 is 81.2 Å². The van der Waals surface area contributed by atoms with Crippen molar-refractivity contribution in [2.24, 2.45) is 0 Å². The summed E-state index contributed by atoms with van der Waals surface area (Å²) in [5.41, 5.74) is 15.0. The molecule has 0 spiro atoms. The quantitative estimate of drug-likeness (QED) is 0.0450. The monoisotopic (exact) mass is 2010 g/mol. The van der Waals surface area contributed by atoms with Gasteiger partial charge in [0.2, 0.25) is 35.7 Å². The number of benzene rings is 7. The number of piperidine rings is 6. The van der Waals surface area contributed by atoms with Crippen molar-refractivity contribution in [1.29, 1.82) is 0 Å². The van der Waals surface area contributed by atoms with Gasteiger partial charge in [0.25, 0.3) is 0 Å². The van der Waals surface area contributed by atoms with Gasteiger partial charge < -0.3 is 29.4 Å². The Morgan fingerprint density at radius 1 is 0.220 bits per heavy atom. The van der Waals surface area contributed by atoms with Gasteiger partial charge in [0.1, 0.15) is 0 Å². The first-order valence-corrected chi connectivity index (χ1v) is 56.6. The summed E-state index contributed by atoms with van der Waals surface area (Å²) < 4.78 is 0.938. The minimum atomic E-state index is 0.339. The molecule has 0 radical (unpaired) electrons. The molecule has 688 valence electrons. The van der Waals surface area contributed by atoms with Crippen molar-refractivity contribution < 1.29 is 16.3 Å². The number of nitrogens with zero attached hydrogens (tertiary/aromatic N) is 18. The van der Waals surface area contributed by atoms with E-state index in [1.807, 2.05) is 136 Å². The third kappa shape index (κ3) is 33.7. The third-order valence-electron chi connectivity index (χ3n) is 25.1. The molecule has 7 aromatic carbocycles. The average molecular weight is 2010 g/mol. The van der Waals surface area contributed by atoms with Crippen LogP contribution in [0.3, 0.4) is 0 Å². The molecule has 6 aliphatic rings. The van der Waals surface area contributed by atoms with E-state index in [9.17, 15) is 0 Å². The van der Waals surface area contributed by atoms with Crippen LogP contribution in [-0.4, -0.2) is 138 Å². The maximum atomic E-state index is 4.56. The Morgan fingerprint density at radius 3 is 0.515 bits per heavy atom. The fourth-order valence-electron chi connectivity index (χ4n) is 16.7. The molecule has 0 amide bonds. The van der Waals surface area contributed by atoms with Crippen molar-refractivity contribution in [3.8, 4) is 0 Å². The van der Waals surface area contributed by atoms with E-state index in [1.54, 1.807) is 12.4 Å². The van der Waals surface area contributed by atoms with E-state index in [2.05, 4.69) is 328 Å². The van der Waals surface area contributed by atoms with Crippen molar-refractivity contribution in [2.75, 3.05) is 108 Å². The molecule has 22 heteroatoms. The molecule has 6 fully saturated rings. The van der Waals surface area contributed by atoms with Crippen LogP contribution in [0.1, 0.15) is 265 Å². The van der Waals surface area contributed by atoms with Gasteiger partial charge in [0.05, 0.1) is 4.47 Å². The van der Waals surface area contributed by atoms with Crippen molar-refractivity contribution in [2.45, 2.75) is 198 Å². The second kappa shape index (κ2) is 58.0. The molecule has 12 heterocycles. The molecule has 6 aromatic heterocycles. The molecule has 6 aliphatic heterocycles. The van der Waals surface area contributed by atoms with Crippen molar-refractivity contribution in [3.05, 3.63) is 364 Å². The van der Waals surface area contributed by atoms with E-state index >= 15 is 0 Å². The van der Waals surface area contributed by atoms with E-state index in [4.69, 9.17) is 0 Å². The SMILES string of the molecule is Brc1cnc(N2CCCCC2)nc1.CC(Br)c1ccccc1.CC(c1ccccc1)c1cnc(N2CCCCC2)nc1.CC(c1ccccc1)c1cnc(N2CCCCC2)nc1.C[C@@H](c1ccccc1)c1cnc(N2CCCCC2)nc1.C[C@H](c1ccccc1)c1cnc(N2CCCCC2)nc1.C[C@H](c1ccccc1)c1cnc(N2CCCCC2)nc1.C[CH-]c1ccccc1.[Zn+][Br]. The number of aromatic nitrogens is 12. The van der Waals surface area contributed by atoms with Gasteiger partial charge in [-0.25, -0.2) is 59.8 Å². The molecule has 0 bridgehead atoms. The minimum absolute atomic E-state index is 0.339. The van der Waals surface area contributed by atoms with Gasteiger partial charge in [-0.05, 0) is 200 Å². The molecule has 19 rings (SSSR count). The van der Waals surface area contributed by atoms with E-state index < -0.39 is 0 Å². The van der Waals surface area contributed by atoms with Gasteiger partial charge in [-0.2, -0.15) is 24.1 Å². The summed E-state index contributed by atoms with van der Waals surface area (Å²) in [4.78, 5) is 68.4. The number of halogens is 3. The van der Waals surface area contributed by atoms with Crippen LogP contribution in [-0.2, 0) is 16.3 Å². The average Bonchev–Trinajstić information content (AvgIpc) is 0.848. The Kier molecular flexibility index (Phi) is 45.0. The number of rotatable bonds is 18.